The van der Waals surface area contributed by atoms with E-state index in [4.69, 9.17) is 5.11 Å². The Bertz CT molecular complexity index is 1060. The molecule has 0 unspecified atom stereocenters. The molecule has 0 saturated carbocycles. The smallest absolute Gasteiger partial charge is 0.335 e. The topological polar surface area (TPSA) is 80.7 Å². The lowest BCUT2D eigenvalue weighted by Crippen LogP contribution is -2.03. The first-order valence-corrected chi connectivity index (χ1v) is 13.9. The monoisotopic (exact) mass is 518 g/mol. The number of rotatable bonds is 18. The van der Waals surface area contributed by atoms with Crippen LogP contribution in [0.15, 0.2) is 72.3 Å². The van der Waals surface area contributed by atoms with E-state index in [2.05, 4.69) is 35.9 Å². The zero-order valence-electron chi connectivity index (χ0n) is 22.9. The van der Waals surface area contributed by atoms with Gasteiger partial charge in [0, 0.05) is 18.1 Å². The lowest BCUT2D eigenvalue weighted by atomic mass is 9.98. The van der Waals surface area contributed by atoms with Crippen LogP contribution in [0.1, 0.15) is 93.5 Å². The zero-order valence-corrected chi connectivity index (χ0v) is 22.9. The number of allylic oxidation sites excluding steroid dienone is 1. The molecule has 0 aliphatic rings. The summed E-state index contributed by atoms with van der Waals surface area (Å²) in [5.41, 5.74) is 4.39. The number of carbonyl (C=O) groups excluding carboxylic acids is 2. The average molecular weight is 519 g/mol. The fraction of sp³-hybridized carbons (Fsp3) is 0.424. The van der Waals surface area contributed by atoms with Crippen LogP contribution in [-0.4, -0.2) is 29.9 Å². The second kappa shape index (κ2) is 17.9. The highest BCUT2D eigenvalue weighted by Crippen LogP contribution is 2.22. The predicted molar refractivity (Wildman–Crippen MR) is 153 cm³/mol. The average Bonchev–Trinajstić information content (AvgIpc) is 2.93. The number of carboxylic acids is 1. The quantitative estimate of drug-likeness (QED) is 0.0708. The molecule has 0 amide bonds. The lowest BCUT2D eigenvalue weighted by molar-refractivity contribution is -0.136. The minimum absolute atomic E-state index is 0.0806. The number of benzene rings is 2. The second-order valence-electron chi connectivity index (χ2n) is 9.64. The van der Waals surface area contributed by atoms with Gasteiger partial charge in [-0.2, -0.15) is 0 Å². The van der Waals surface area contributed by atoms with Crippen LogP contribution < -0.4 is 0 Å². The van der Waals surface area contributed by atoms with Gasteiger partial charge in [-0.25, -0.2) is 9.59 Å². The van der Waals surface area contributed by atoms with Crippen molar-refractivity contribution in [3.8, 4) is 11.1 Å². The first-order valence-electron chi connectivity index (χ1n) is 13.9. The standard InChI is InChI=1S/C33H42O5/c1-3-4-11-14-26-17-19-27(20-18-26)28-21-23-29(24-22-28)31(34)16-13-10-8-6-5-7-9-12-15-30(33(36)37)25-32(35)38-2/h12,15,17-25H,3-11,13-14,16H2,1-2H3,(H,36,37)/b15-12+,30-25-. The van der Waals surface area contributed by atoms with Crippen molar-refractivity contribution in [1.29, 1.82) is 0 Å². The van der Waals surface area contributed by atoms with Gasteiger partial charge >= 0.3 is 11.9 Å². The van der Waals surface area contributed by atoms with Crippen molar-refractivity contribution in [2.75, 3.05) is 7.11 Å². The molecule has 38 heavy (non-hydrogen) atoms. The fourth-order valence-corrected chi connectivity index (χ4v) is 4.27. The summed E-state index contributed by atoms with van der Waals surface area (Å²) in [6, 6.07) is 16.7. The van der Waals surface area contributed by atoms with Crippen LogP contribution in [0.3, 0.4) is 0 Å². The van der Waals surface area contributed by atoms with Crippen LogP contribution in [0.5, 0.6) is 0 Å². The van der Waals surface area contributed by atoms with Crippen molar-refractivity contribution in [2.45, 2.75) is 84.0 Å². The van der Waals surface area contributed by atoms with Crippen LogP contribution in [0.25, 0.3) is 11.1 Å². The van der Waals surface area contributed by atoms with E-state index in [1.165, 1.54) is 43.6 Å². The molecular formula is C33H42O5. The maximum Gasteiger partial charge on any atom is 0.335 e. The highest BCUT2D eigenvalue weighted by molar-refractivity contribution is 5.97. The molecule has 0 saturated heterocycles. The van der Waals surface area contributed by atoms with Crippen molar-refractivity contribution in [1.82, 2.24) is 0 Å². The van der Waals surface area contributed by atoms with Crippen molar-refractivity contribution in [3.63, 3.8) is 0 Å². The highest BCUT2D eigenvalue weighted by Gasteiger charge is 2.08. The zero-order chi connectivity index (χ0) is 27.6. The molecule has 5 nitrogen and oxygen atoms in total. The number of ether oxygens (including phenoxy) is 1. The van der Waals surface area contributed by atoms with Crippen molar-refractivity contribution >= 4 is 17.7 Å². The van der Waals surface area contributed by atoms with E-state index in [0.717, 1.165) is 68.6 Å². The van der Waals surface area contributed by atoms with E-state index < -0.39 is 11.9 Å². The Morgan fingerprint density at radius 3 is 2.00 bits per heavy atom. The Morgan fingerprint density at radius 1 is 0.789 bits per heavy atom. The first-order chi connectivity index (χ1) is 18.4. The molecule has 2 aromatic rings. The third kappa shape index (κ3) is 11.7. The molecule has 0 fully saturated rings. The number of methoxy groups -OCH3 is 1. The minimum Gasteiger partial charge on any atom is -0.478 e. The summed E-state index contributed by atoms with van der Waals surface area (Å²) >= 11 is 0. The van der Waals surface area contributed by atoms with Gasteiger partial charge < -0.3 is 9.84 Å². The van der Waals surface area contributed by atoms with Gasteiger partial charge in [0.25, 0.3) is 0 Å². The number of hydrogen-bond donors (Lipinski definition) is 1. The number of aryl methyl sites for hydroxylation is 1. The van der Waals surface area contributed by atoms with Crippen LogP contribution in [0.2, 0.25) is 0 Å². The molecule has 0 aliphatic carbocycles. The fourth-order valence-electron chi connectivity index (χ4n) is 4.27. The highest BCUT2D eigenvalue weighted by atomic mass is 16.5. The molecule has 2 rings (SSSR count). The number of unbranched alkanes of at least 4 members (excludes halogenated alkanes) is 8. The van der Waals surface area contributed by atoms with Crippen LogP contribution in [-0.2, 0) is 20.7 Å². The van der Waals surface area contributed by atoms with E-state index in [9.17, 15) is 14.4 Å². The number of carboxylic acid groups (broad SMARTS) is 1. The van der Waals surface area contributed by atoms with Gasteiger partial charge in [0.1, 0.15) is 0 Å². The molecule has 204 valence electrons. The molecule has 0 spiro atoms. The summed E-state index contributed by atoms with van der Waals surface area (Å²) in [7, 11) is 1.21. The van der Waals surface area contributed by atoms with Gasteiger partial charge in [-0.05, 0) is 48.8 Å². The molecule has 0 radical (unpaired) electrons. The number of aliphatic carboxylic acids is 1. The second-order valence-corrected chi connectivity index (χ2v) is 9.64. The Morgan fingerprint density at radius 2 is 1.39 bits per heavy atom. The van der Waals surface area contributed by atoms with Crippen LogP contribution in [0.4, 0.5) is 0 Å². The van der Waals surface area contributed by atoms with Gasteiger partial charge in [0.15, 0.2) is 5.78 Å². The van der Waals surface area contributed by atoms with Crippen molar-refractivity contribution in [2.24, 2.45) is 0 Å². The molecule has 1 N–H and O–H groups in total. The summed E-state index contributed by atoms with van der Waals surface area (Å²) in [6.07, 6.45) is 16.5. The SMILES string of the molecule is CCCCCc1ccc(-c2ccc(C(=O)CCCCCCCC/C=C/C(=C/C(=O)OC)C(=O)O)cc2)cc1. The predicted octanol–water partition coefficient (Wildman–Crippen LogP) is 8.13. The van der Waals surface area contributed by atoms with Gasteiger partial charge in [0.05, 0.1) is 12.7 Å². The molecule has 0 aromatic heterocycles. The summed E-state index contributed by atoms with van der Waals surface area (Å²) in [5, 5.41) is 9.10. The Kier molecular flexibility index (Phi) is 14.5. The van der Waals surface area contributed by atoms with Crippen molar-refractivity contribution in [3.05, 3.63) is 83.5 Å². The number of carbonyl (C=O) groups is 3. The Labute approximate surface area is 227 Å². The largest absolute Gasteiger partial charge is 0.478 e. The third-order valence-corrected chi connectivity index (χ3v) is 6.61. The Balaban J connectivity index is 1.62. The minimum atomic E-state index is -1.15. The van der Waals surface area contributed by atoms with E-state index >= 15 is 0 Å². The normalized spacial score (nSPS) is 11.6. The number of hydrogen-bond acceptors (Lipinski definition) is 4. The molecular weight excluding hydrogens is 476 g/mol. The summed E-state index contributed by atoms with van der Waals surface area (Å²) in [4.78, 5) is 34.9. The Hall–Kier alpha value is -3.47. The van der Waals surface area contributed by atoms with E-state index in [1.54, 1.807) is 6.08 Å². The van der Waals surface area contributed by atoms with E-state index in [0.29, 0.717) is 6.42 Å². The maximum absolute atomic E-state index is 12.6. The van der Waals surface area contributed by atoms with Gasteiger partial charge in [-0.1, -0.05) is 106 Å². The summed E-state index contributed by atoms with van der Waals surface area (Å²) in [5.74, 6) is -1.64. The molecule has 0 atom stereocenters. The third-order valence-electron chi connectivity index (χ3n) is 6.61. The maximum atomic E-state index is 12.6. The first kappa shape index (κ1) is 30.8. The van der Waals surface area contributed by atoms with Gasteiger partial charge in [-0.15, -0.1) is 0 Å². The van der Waals surface area contributed by atoms with Gasteiger partial charge in [0.2, 0.25) is 0 Å². The van der Waals surface area contributed by atoms with E-state index in [-0.39, 0.29) is 11.4 Å². The summed E-state index contributed by atoms with van der Waals surface area (Å²) < 4.78 is 4.46. The molecule has 0 aliphatic heterocycles. The number of esters is 1. The molecule has 0 bridgehead atoms. The summed E-state index contributed by atoms with van der Waals surface area (Å²) in [6.45, 7) is 2.22. The molecule has 5 heteroatoms. The lowest BCUT2D eigenvalue weighted by Gasteiger charge is -2.06. The molecule has 0 heterocycles. The molecule has 2 aromatic carbocycles. The van der Waals surface area contributed by atoms with Gasteiger partial charge in [-0.3, -0.25) is 4.79 Å². The van der Waals surface area contributed by atoms with Crippen LogP contribution >= 0.6 is 0 Å². The number of Topliss-reactive ketones (excluding diaryl/α,β-unsaturated/α-hetero) is 1. The van der Waals surface area contributed by atoms with Crippen LogP contribution in [0, 0.1) is 0 Å². The number of ketones is 1. The van der Waals surface area contributed by atoms with E-state index in [1.807, 2.05) is 24.3 Å². The van der Waals surface area contributed by atoms with Crippen molar-refractivity contribution < 1.29 is 24.2 Å².